The molecular formula is C16H29IN6O2. The fraction of sp³-hybridized carbons (Fsp3) is 0.812. The number of carbonyl (C=O) groups excluding carboxylic acids is 2. The third-order valence-electron chi connectivity index (χ3n) is 4.51. The summed E-state index contributed by atoms with van der Waals surface area (Å²) in [6, 6.07) is 0.900. The van der Waals surface area contributed by atoms with Gasteiger partial charge in [-0.2, -0.15) is 0 Å². The van der Waals surface area contributed by atoms with Gasteiger partial charge in [-0.05, 0) is 32.1 Å². The Morgan fingerprint density at radius 2 is 1.60 bits per heavy atom. The van der Waals surface area contributed by atoms with E-state index in [4.69, 9.17) is 0 Å². The number of rotatable bonds is 5. The largest absolute Gasteiger partial charge is 0.353 e. The second kappa shape index (κ2) is 8.91. The number of likely N-dealkylation sites (N-methyl/N-ethyl adjacent to an activating group) is 1. The average molecular weight is 464 g/mol. The molecule has 3 fully saturated rings. The van der Waals surface area contributed by atoms with Crippen molar-refractivity contribution in [2.45, 2.75) is 50.2 Å². The molecule has 0 aromatic heterocycles. The summed E-state index contributed by atoms with van der Waals surface area (Å²) in [4.78, 5) is 31.8. The van der Waals surface area contributed by atoms with Crippen LogP contribution in [-0.2, 0) is 4.79 Å². The van der Waals surface area contributed by atoms with E-state index < -0.39 is 0 Å². The molecule has 1 atom stereocenters. The minimum absolute atomic E-state index is 0. The average Bonchev–Trinajstić information content (AvgIpc) is 3.45. The van der Waals surface area contributed by atoms with E-state index >= 15 is 0 Å². The van der Waals surface area contributed by atoms with Gasteiger partial charge in [0.25, 0.3) is 0 Å². The summed E-state index contributed by atoms with van der Waals surface area (Å²) in [5, 5.41) is 9.41. The lowest BCUT2D eigenvalue weighted by atomic mass is 10.3. The number of guanidine groups is 1. The van der Waals surface area contributed by atoms with Crippen molar-refractivity contribution in [3.8, 4) is 0 Å². The molecule has 1 heterocycles. The maximum atomic E-state index is 11.9. The molecule has 1 saturated heterocycles. The number of carbonyl (C=O) groups is 2. The van der Waals surface area contributed by atoms with Gasteiger partial charge in [0.1, 0.15) is 6.54 Å². The van der Waals surface area contributed by atoms with Crippen LogP contribution in [0.5, 0.6) is 0 Å². The zero-order chi connectivity index (χ0) is 17.1. The Bertz CT molecular complexity index is 519. The van der Waals surface area contributed by atoms with Crippen LogP contribution >= 0.6 is 24.0 Å². The summed E-state index contributed by atoms with van der Waals surface area (Å²) in [6.07, 6.45) is 5.38. The molecule has 0 spiro atoms. The summed E-state index contributed by atoms with van der Waals surface area (Å²) in [7, 11) is 3.47. The molecule has 3 aliphatic rings. The molecule has 0 radical (unpaired) electrons. The zero-order valence-electron chi connectivity index (χ0n) is 15.0. The number of halogens is 1. The maximum Gasteiger partial charge on any atom is 0.315 e. The highest BCUT2D eigenvalue weighted by Crippen LogP contribution is 2.20. The highest BCUT2D eigenvalue weighted by atomic mass is 127. The first-order valence-corrected chi connectivity index (χ1v) is 8.84. The Labute approximate surface area is 166 Å². The van der Waals surface area contributed by atoms with Gasteiger partial charge in [-0.15, -0.1) is 24.0 Å². The standard InChI is InChI=1S/C16H28N6O2.HI/c1-21(2)14(23)9-17-15(18-11-3-4-11)22-8-7-13(10-22)20-16(24)19-12-5-6-12;/h11-13H,3-10H2,1-2H3,(H,17,18)(H2,19,20,24);1H. The second-order valence-corrected chi connectivity index (χ2v) is 7.17. The van der Waals surface area contributed by atoms with Gasteiger partial charge >= 0.3 is 6.03 Å². The normalized spacial score (nSPS) is 22.9. The number of nitrogens with one attached hydrogen (secondary N) is 3. The summed E-state index contributed by atoms with van der Waals surface area (Å²) in [5.74, 6) is 0.780. The first kappa shape index (κ1) is 20.1. The minimum Gasteiger partial charge on any atom is -0.353 e. The van der Waals surface area contributed by atoms with E-state index in [1.807, 2.05) is 0 Å². The summed E-state index contributed by atoms with van der Waals surface area (Å²) < 4.78 is 0. The molecule has 0 aromatic carbocycles. The van der Waals surface area contributed by atoms with Crippen LogP contribution in [0.2, 0.25) is 0 Å². The SMILES string of the molecule is CN(C)C(=O)CN=C(NC1CC1)N1CCC(NC(=O)NC2CC2)C1.I. The third kappa shape index (κ3) is 6.52. The van der Waals surface area contributed by atoms with Gasteiger partial charge in [0.05, 0.1) is 0 Å². The summed E-state index contributed by atoms with van der Waals surface area (Å²) in [5.41, 5.74) is 0. The number of nitrogens with zero attached hydrogens (tertiary/aromatic N) is 3. The van der Waals surface area contributed by atoms with E-state index in [1.165, 1.54) is 0 Å². The number of likely N-dealkylation sites (tertiary alicyclic amines) is 1. The Morgan fingerprint density at radius 3 is 2.20 bits per heavy atom. The van der Waals surface area contributed by atoms with Gasteiger partial charge in [-0.25, -0.2) is 9.79 Å². The molecule has 3 rings (SSSR count). The second-order valence-electron chi connectivity index (χ2n) is 7.17. The molecule has 2 saturated carbocycles. The van der Waals surface area contributed by atoms with Crippen molar-refractivity contribution in [2.24, 2.45) is 4.99 Å². The molecule has 3 amide bonds. The van der Waals surface area contributed by atoms with Crippen molar-refractivity contribution in [1.82, 2.24) is 25.8 Å². The van der Waals surface area contributed by atoms with Gasteiger partial charge in [0.2, 0.25) is 5.91 Å². The van der Waals surface area contributed by atoms with Crippen LogP contribution < -0.4 is 16.0 Å². The van der Waals surface area contributed by atoms with Crippen molar-refractivity contribution in [3.63, 3.8) is 0 Å². The molecule has 1 unspecified atom stereocenters. The van der Waals surface area contributed by atoms with Gasteiger partial charge in [0, 0.05) is 45.3 Å². The van der Waals surface area contributed by atoms with Crippen LogP contribution in [-0.4, -0.2) is 79.6 Å². The first-order chi connectivity index (χ1) is 11.5. The zero-order valence-corrected chi connectivity index (χ0v) is 17.3. The molecule has 1 aliphatic heterocycles. The van der Waals surface area contributed by atoms with Gasteiger partial charge in [0.15, 0.2) is 5.96 Å². The van der Waals surface area contributed by atoms with E-state index in [2.05, 4.69) is 25.8 Å². The van der Waals surface area contributed by atoms with Gasteiger partial charge in [-0.3, -0.25) is 4.79 Å². The van der Waals surface area contributed by atoms with Crippen LogP contribution in [0, 0.1) is 0 Å². The number of urea groups is 1. The van der Waals surface area contributed by atoms with E-state index in [0.717, 1.165) is 51.2 Å². The molecule has 3 N–H and O–H groups in total. The van der Waals surface area contributed by atoms with Crippen molar-refractivity contribution in [1.29, 1.82) is 0 Å². The number of amides is 3. The predicted molar refractivity (Wildman–Crippen MR) is 107 cm³/mol. The predicted octanol–water partition coefficient (Wildman–Crippen LogP) is 0.337. The lowest BCUT2D eigenvalue weighted by Gasteiger charge is -2.22. The van der Waals surface area contributed by atoms with Crippen LogP contribution in [0.25, 0.3) is 0 Å². The molecule has 25 heavy (non-hydrogen) atoms. The van der Waals surface area contributed by atoms with Crippen molar-refractivity contribution >= 4 is 41.9 Å². The topological polar surface area (TPSA) is 89.1 Å². The monoisotopic (exact) mass is 464 g/mol. The molecule has 0 aromatic rings. The molecule has 0 bridgehead atoms. The Kier molecular flexibility index (Phi) is 7.14. The van der Waals surface area contributed by atoms with Crippen LogP contribution in [0.3, 0.4) is 0 Å². The minimum atomic E-state index is -0.0687. The number of aliphatic imine (C=N–C) groups is 1. The quantitative estimate of drug-likeness (QED) is 0.311. The molecular weight excluding hydrogens is 435 g/mol. The summed E-state index contributed by atoms with van der Waals surface area (Å²) >= 11 is 0. The fourth-order valence-corrected chi connectivity index (χ4v) is 2.64. The lowest BCUT2D eigenvalue weighted by Crippen LogP contribution is -2.46. The van der Waals surface area contributed by atoms with Gasteiger partial charge in [-0.1, -0.05) is 0 Å². The van der Waals surface area contributed by atoms with Crippen molar-refractivity contribution in [2.75, 3.05) is 33.7 Å². The van der Waals surface area contributed by atoms with E-state index in [-0.39, 0.29) is 48.5 Å². The Balaban J connectivity index is 0.00000225. The summed E-state index contributed by atoms with van der Waals surface area (Å²) in [6.45, 7) is 1.72. The highest BCUT2D eigenvalue weighted by molar-refractivity contribution is 14.0. The molecule has 142 valence electrons. The van der Waals surface area contributed by atoms with E-state index in [9.17, 15) is 9.59 Å². The van der Waals surface area contributed by atoms with E-state index in [1.54, 1.807) is 19.0 Å². The Hall–Kier alpha value is -1.26. The third-order valence-corrected chi connectivity index (χ3v) is 4.51. The van der Waals surface area contributed by atoms with Gasteiger partial charge < -0.3 is 25.8 Å². The Morgan fingerprint density at radius 1 is 1.00 bits per heavy atom. The molecule has 8 nitrogen and oxygen atoms in total. The number of hydrogen-bond acceptors (Lipinski definition) is 3. The van der Waals surface area contributed by atoms with Crippen molar-refractivity contribution < 1.29 is 9.59 Å². The molecule has 9 heteroatoms. The maximum absolute atomic E-state index is 11.9. The van der Waals surface area contributed by atoms with Crippen LogP contribution in [0.4, 0.5) is 4.79 Å². The fourth-order valence-electron chi connectivity index (χ4n) is 2.64. The smallest absolute Gasteiger partial charge is 0.315 e. The first-order valence-electron chi connectivity index (χ1n) is 8.84. The van der Waals surface area contributed by atoms with Crippen molar-refractivity contribution in [3.05, 3.63) is 0 Å². The lowest BCUT2D eigenvalue weighted by molar-refractivity contribution is -0.127. The van der Waals surface area contributed by atoms with Crippen LogP contribution in [0.1, 0.15) is 32.1 Å². The van der Waals surface area contributed by atoms with Crippen LogP contribution in [0.15, 0.2) is 4.99 Å². The molecule has 2 aliphatic carbocycles. The van der Waals surface area contributed by atoms with E-state index in [0.29, 0.717) is 12.1 Å². The highest BCUT2D eigenvalue weighted by Gasteiger charge is 2.31. The number of hydrogen-bond donors (Lipinski definition) is 3.